The number of aromatic nitrogens is 4. The zero-order chi connectivity index (χ0) is 18.0. The van der Waals surface area contributed by atoms with Crippen molar-refractivity contribution in [2.75, 3.05) is 18.2 Å². The highest BCUT2D eigenvalue weighted by molar-refractivity contribution is 5.94. The topological polar surface area (TPSA) is 108 Å². The molecule has 0 aliphatic rings. The van der Waals surface area contributed by atoms with Crippen LogP contribution in [0.15, 0.2) is 36.8 Å². The molecule has 3 N–H and O–H groups in total. The van der Waals surface area contributed by atoms with Crippen molar-refractivity contribution in [3.63, 3.8) is 0 Å². The molecular formula is C15H12F2N6O2. The number of carbonyl (C=O) groups excluding carboxylic acids is 1. The summed E-state index contributed by atoms with van der Waals surface area (Å²) in [6.45, 7) is 0. The second-order valence-electron chi connectivity index (χ2n) is 4.83. The van der Waals surface area contributed by atoms with Crippen LogP contribution in [0, 0.1) is 11.6 Å². The van der Waals surface area contributed by atoms with Gasteiger partial charge >= 0.3 is 5.97 Å². The maximum absolute atomic E-state index is 13.7. The molecule has 0 spiro atoms. The zero-order valence-electron chi connectivity index (χ0n) is 12.9. The largest absolute Gasteiger partial charge is 0.465 e. The number of nitrogen functional groups attached to an aromatic ring is 1. The first-order valence-electron chi connectivity index (χ1n) is 6.96. The number of benzene rings is 1. The van der Waals surface area contributed by atoms with Crippen LogP contribution in [0.3, 0.4) is 0 Å². The SMILES string of the molecule is COC(=O)c1cnn(-c2cc(Nc3c(F)cccc3F)ncn2)c1N. The summed E-state index contributed by atoms with van der Waals surface area (Å²) in [6, 6.07) is 4.85. The molecule has 3 rings (SSSR count). The van der Waals surface area contributed by atoms with Gasteiger partial charge in [0.2, 0.25) is 0 Å². The van der Waals surface area contributed by atoms with E-state index in [2.05, 4.69) is 25.1 Å². The molecule has 0 aliphatic heterocycles. The summed E-state index contributed by atoms with van der Waals surface area (Å²) in [6.07, 6.45) is 2.39. The van der Waals surface area contributed by atoms with Gasteiger partial charge in [-0.25, -0.2) is 23.5 Å². The van der Waals surface area contributed by atoms with E-state index in [4.69, 9.17) is 5.73 Å². The highest BCUT2D eigenvalue weighted by atomic mass is 19.1. The molecular weight excluding hydrogens is 334 g/mol. The van der Waals surface area contributed by atoms with Crippen molar-refractivity contribution < 1.29 is 18.3 Å². The molecule has 1 aromatic carbocycles. The predicted octanol–water partition coefficient (Wildman–Crippen LogP) is 2.05. The fourth-order valence-electron chi connectivity index (χ4n) is 2.08. The lowest BCUT2D eigenvalue weighted by Crippen LogP contribution is -2.09. The molecule has 0 aliphatic carbocycles. The van der Waals surface area contributed by atoms with E-state index in [0.717, 1.165) is 18.5 Å². The molecule has 128 valence electrons. The summed E-state index contributed by atoms with van der Waals surface area (Å²) in [5.41, 5.74) is 5.58. The van der Waals surface area contributed by atoms with Crippen LogP contribution in [0.4, 0.5) is 26.1 Å². The fourth-order valence-corrected chi connectivity index (χ4v) is 2.08. The lowest BCUT2D eigenvalue weighted by atomic mass is 10.3. The van der Waals surface area contributed by atoms with E-state index in [1.54, 1.807) is 0 Å². The first-order chi connectivity index (χ1) is 12.0. The van der Waals surface area contributed by atoms with Crippen LogP contribution in [0.25, 0.3) is 5.82 Å². The van der Waals surface area contributed by atoms with E-state index in [9.17, 15) is 13.6 Å². The van der Waals surface area contributed by atoms with Gasteiger partial charge in [-0.2, -0.15) is 9.78 Å². The molecule has 8 nitrogen and oxygen atoms in total. The van der Waals surface area contributed by atoms with Crippen LogP contribution in [-0.2, 0) is 4.74 Å². The van der Waals surface area contributed by atoms with Gasteiger partial charge in [-0.05, 0) is 12.1 Å². The van der Waals surface area contributed by atoms with E-state index >= 15 is 0 Å². The average Bonchev–Trinajstić information content (AvgIpc) is 2.99. The van der Waals surface area contributed by atoms with Crippen LogP contribution in [0.2, 0.25) is 0 Å². The quantitative estimate of drug-likeness (QED) is 0.696. The molecule has 3 aromatic rings. The number of para-hydroxylation sites is 1. The van der Waals surface area contributed by atoms with Crippen LogP contribution in [0.1, 0.15) is 10.4 Å². The van der Waals surface area contributed by atoms with E-state index in [-0.39, 0.29) is 28.7 Å². The lowest BCUT2D eigenvalue weighted by molar-refractivity contribution is 0.0602. The van der Waals surface area contributed by atoms with Gasteiger partial charge in [-0.1, -0.05) is 6.07 Å². The van der Waals surface area contributed by atoms with Crippen LogP contribution in [0.5, 0.6) is 0 Å². The monoisotopic (exact) mass is 346 g/mol. The van der Waals surface area contributed by atoms with Gasteiger partial charge in [0.15, 0.2) is 5.82 Å². The van der Waals surface area contributed by atoms with Gasteiger partial charge in [0.25, 0.3) is 0 Å². The second kappa shape index (κ2) is 6.51. The Kier molecular flexibility index (Phi) is 4.25. The van der Waals surface area contributed by atoms with Crippen molar-refractivity contribution >= 4 is 23.3 Å². The Balaban J connectivity index is 1.95. The summed E-state index contributed by atoms with van der Waals surface area (Å²) in [7, 11) is 1.22. The van der Waals surface area contributed by atoms with Gasteiger partial charge < -0.3 is 15.8 Å². The predicted molar refractivity (Wildman–Crippen MR) is 84.5 cm³/mol. The molecule has 0 radical (unpaired) electrons. The van der Waals surface area contributed by atoms with Crippen molar-refractivity contribution in [1.82, 2.24) is 19.7 Å². The number of rotatable bonds is 4. The molecule has 0 saturated heterocycles. The third-order valence-electron chi connectivity index (χ3n) is 3.30. The van der Waals surface area contributed by atoms with Crippen molar-refractivity contribution in [3.05, 3.63) is 54.0 Å². The maximum atomic E-state index is 13.7. The van der Waals surface area contributed by atoms with Gasteiger partial charge in [0.05, 0.1) is 13.3 Å². The molecule has 0 fully saturated rings. The molecule has 25 heavy (non-hydrogen) atoms. The number of nitrogens with zero attached hydrogens (tertiary/aromatic N) is 4. The minimum absolute atomic E-state index is 0.00794. The molecule has 0 amide bonds. The number of carbonyl (C=O) groups is 1. The Morgan fingerprint density at radius 2 is 2.00 bits per heavy atom. The Bertz CT molecular complexity index is 923. The standard InChI is InChI=1S/C15H12F2N6O2/c1-25-15(24)8-6-21-23(14(8)18)12-5-11(19-7-20-12)22-13-9(16)3-2-4-10(13)17/h2-7H,18H2,1H3,(H,19,20,22). The van der Waals surface area contributed by atoms with Gasteiger partial charge in [0, 0.05) is 6.07 Å². The Labute approximate surface area is 140 Å². The van der Waals surface area contributed by atoms with Crippen LogP contribution in [-0.4, -0.2) is 32.8 Å². The van der Waals surface area contributed by atoms with Crippen molar-refractivity contribution in [3.8, 4) is 5.82 Å². The fraction of sp³-hybridized carbons (Fsp3) is 0.0667. The average molecular weight is 346 g/mol. The summed E-state index contributed by atoms with van der Waals surface area (Å²) in [5, 5.41) is 6.50. The molecule has 0 bridgehead atoms. The third-order valence-corrected chi connectivity index (χ3v) is 3.30. The summed E-state index contributed by atoms with van der Waals surface area (Å²) < 4.78 is 33.2. The van der Waals surface area contributed by atoms with Crippen molar-refractivity contribution in [1.29, 1.82) is 0 Å². The lowest BCUT2D eigenvalue weighted by Gasteiger charge is -2.09. The van der Waals surface area contributed by atoms with Gasteiger partial charge in [0.1, 0.15) is 40.8 Å². The first kappa shape index (κ1) is 16.3. The number of anilines is 3. The smallest absolute Gasteiger partial charge is 0.343 e. The van der Waals surface area contributed by atoms with Crippen molar-refractivity contribution in [2.45, 2.75) is 0 Å². The number of nitrogens with two attached hydrogens (primary N) is 1. The molecule has 2 aromatic heterocycles. The number of esters is 1. The zero-order valence-corrected chi connectivity index (χ0v) is 12.9. The number of nitrogens with one attached hydrogen (secondary N) is 1. The molecule has 2 heterocycles. The molecule has 0 unspecified atom stereocenters. The molecule has 0 saturated carbocycles. The van der Waals surface area contributed by atoms with E-state index < -0.39 is 17.6 Å². The summed E-state index contributed by atoms with van der Waals surface area (Å²) >= 11 is 0. The Morgan fingerprint density at radius 1 is 1.28 bits per heavy atom. The van der Waals surface area contributed by atoms with Crippen LogP contribution < -0.4 is 11.1 Å². The van der Waals surface area contributed by atoms with Gasteiger partial charge in [-0.3, -0.25) is 0 Å². The van der Waals surface area contributed by atoms with Gasteiger partial charge in [-0.15, -0.1) is 0 Å². The first-order valence-corrected chi connectivity index (χ1v) is 6.96. The van der Waals surface area contributed by atoms with E-state index in [1.807, 2.05) is 0 Å². The molecule has 0 atom stereocenters. The maximum Gasteiger partial charge on any atom is 0.343 e. The number of halogens is 2. The number of hydrogen-bond donors (Lipinski definition) is 2. The highest BCUT2D eigenvalue weighted by Gasteiger charge is 2.17. The summed E-state index contributed by atoms with van der Waals surface area (Å²) in [4.78, 5) is 19.5. The minimum Gasteiger partial charge on any atom is -0.465 e. The minimum atomic E-state index is -0.772. The van der Waals surface area contributed by atoms with Crippen molar-refractivity contribution in [2.24, 2.45) is 0 Å². The normalized spacial score (nSPS) is 10.5. The van der Waals surface area contributed by atoms with E-state index in [0.29, 0.717) is 0 Å². The molecule has 10 heteroatoms. The van der Waals surface area contributed by atoms with Crippen LogP contribution >= 0.6 is 0 Å². The van der Waals surface area contributed by atoms with E-state index in [1.165, 1.54) is 30.1 Å². The number of hydrogen-bond acceptors (Lipinski definition) is 7. The Morgan fingerprint density at radius 3 is 2.68 bits per heavy atom. The number of methoxy groups -OCH3 is 1. The third kappa shape index (κ3) is 3.09. The number of ether oxygens (including phenoxy) is 1. The highest BCUT2D eigenvalue weighted by Crippen LogP contribution is 2.23. The Hall–Kier alpha value is -3.56. The second-order valence-corrected chi connectivity index (χ2v) is 4.83. The summed E-state index contributed by atoms with van der Waals surface area (Å²) in [5.74, 6) is -1.87.